The summed E-state index contributed by atoms with van der Waals surface area (Å²) in [5.74, 6) is -0.202. The zero-order chi connectivity index (χ0) is 18.4. The lowest BCUT2D eigenvalue weighted by Crippen LogP contribution is -2.35. The molecule has 1 aliphatic heterocycles. The smallest absolute Gasteiger partial charge is 0.410 e. The van der Waals surface area contributed by atoms with Crippen molar-refractivity contribution < 1.29 is 19.1 Å². The Morgan fingerprint density at radius 3 is 2.52 bits per heavy atom. The van der Waals surface area contributed by atoms with E-state index in [0.717, 1.165) is 23.4 Å². The molecule has 0 unspecified atom stereocenters. The zero-order valence-corrected chi connectivity index (χ0v) is 16.2. The van der Waals surface area contributed by atoms with Crippen molar-refractivity contribution in [2.75, 3.05) is 19.7 Å². The van der Waals surface area contributed by atoms with Crippen molar-refractivity contribution >= 4 is 23.8 Å². The SMILES string of the molecule is CCOC(=O)Cc1ccc(S[C@H]2CCN(C(=O)OC(C)(C)C)C2)cc1. The van der Waals surface area contributed by atoms with Gasteiger partial charge in [0.05, 0.1) is 13.0 Å². The maximum Gasteiger partial charge on any atom is 0.410 e. The summed E-state index contributed by atoms with van der Waals surface area (Å²) in [5, 5.41) is 0.364. The molecular formula is C19H27NO4S. The minimum absolute atomic E-state index is 0.202. The fraction of sp³-hybridized carbons (Fsp3) is 0.579. The predicted molar refractivity (Wildman–Crippen MR) is 98.8 cm³/mol. The molecule has 1 aromatic rings. The maximum absolute atomic E-state index is 12.1. The van der Waals surface area contributed by atoms with Crippen LogP contribution in [-0.4, -0.2) is 47.5 Å². The molecule has 0 radical (unpaired) electrons. The van der Waals surface area contributed by atoms with Gasteiger partial charge < -0.3 is 14.4 Å². The first kappa shape index (κ1) is 19.6. The summed E-state index contributed by atoms with van der Waals surface area (Å²) >= 11 is 1.76. The van der Waals surface area contributed by atoms with Gasteiger partial charge in [-0.05, 0) is 51.8 Å². The molecule has 1 atom stereocenters. The van der Waals surface area contributed by atoms with E-state index in [1.807, 2.05) is 45.0 Å². The number of hydrogen-bond donors (Lipinski definition) is 0. The van der Waals surface area contributed by atoms with E-state index in [1.54, 1.807) is 23.6 Å². The van der Waals surface area contributed by atoms with Gasteiger partial charge in [-0.3, -0.25) is 4.79 Å². The molecule has 0 N–H and O–H groups in total. The van der Waals surface area contributed by atoms with Gasteiger partial charge in [0.1, 0.15) is 5.60 Å². The molecule has 0 spiro atoms. The average Bonchev–Trinajstić information content (AvgIpc) is 2.96. The van der Waals surface area contributed by atoms with Gasteiger partial charge in [0.15, 0.2) is 0 Å². The highest BCUT2D eigenvalue weighted by atomic mass is 32.2. The largest absolute Gasteiger partial charge is 0.466 e. The van der Waals surface area contributed by atoms with Gasteiger partial charge >= 0.3 is 12.1 Å². The maximum atomic E-state index is 12.1. The van der Waals surface area contributed by atoms with E-state index in [9.17, 15) is 9.59 Å². The molecule has 2 rings (SSSR count). The van der Waals surface area contributed by atoms with Crippen LogP contribution in [0.15, 0.2) is 29.2 Å². The van der Waals surface area contributed by atoms with Crippen LogP contribution < -0.4 is 0 Å². The Morgan fingerprint density at radius 2 is 1.92 bits per heavy atom. The third-order valence-electron chi connectivity index (χ3n) is 3.68. The molecule has 0 aromatic heterocycles. The van der Waals surface area contributed by atoms with Crippen LogP contribution in [0.4, 0.5) is 4.79 Å². The molecule has 6 heteroatoms. The van der Waals surface area contributed by atoms with Crippen LogP contribution in [0.5, 0.6) is 0 Å². The first-order valence-electron chi connectivity index (χ1n) is 8.66. The summed E-state index contributed by atoms with van der Waals surface area (Å²) in [4.78, 5) is 26.5. The third kappa shape index (κ3) is 6.61. The molecular weight excluding hydrogens is 338 g/mol. The van der Waals surface area contributed by atoms with Crippen molar-refractivity contribution in [2.24, 2.45) is 0 Å². The van der Waals surface area contributed by atoms with E-state index in [-0.39, 0.29) is 12.1 Å². The molecule has 1 aliphatic rings. The normalized spacial score (nSPS) is 17.4. The van der Waals surface area contributed by atoms with Crippen LogP contribution in [0.3, 0.4) is 0 Å². The summed E-state index contributed by atoms with van der Waals surface area (Å²) in [5.41, 5.74) is 0.487. The second-order valence-corrected chi connectivity index (χ2v) is 8.45. The Morgan fingerprint density at radius 1 is 1.24 bits per heavy atom. The summed E-state index contributed by atoms with van der Waals surface area (Å²) < 4.78 is 10.4. The number of likely N-dealkylation sites (tertiary alicyclic amines) is 1. The predicted octanol–water partition coefficient (Wildman–Crippen LogP) is 3.89. The molecule has 1 heterocycles. The van der Waals surface area contributed by atoms with Crippen LogP contribution in [-0.2, 0) is 20.7 Å². The lowest BCUT2D eigenvalue weighted by Gasteiger charge is -2.24. The molecule has 0 saturated carbocycles. The molecule has 5 nitrogen and oxygen atoms in total. The molecule has 0 aliphatic carbocycles. The van der Waals surface area contributed by atoms with Crippen LogP contribution in [0.25, 0.3) is 0 Å². The minimum Gasteiger partial charge on any atom is -0.466 e. The highest BCUT2D eigenvalue weighted by Crippen LogP contribution is 2.30. The van der Waals surface area contributed by atoms with Gasteiger partial charge in [-0.15, -0.1) is 11.8 Å². The highest BCUT2D eigenvalue weighted by Gasteiger charge is 2.30. The number of esters is 1. The average molecular weight is 365 g/mol. The Kier molecular flexibility index (Phi) is 6.76. The van der Waals surface area contributed by atoms with Crippen LogP contribution in [0, 0.1) is 0 Å². The number of rotatable bonds is 5. The number of carbonyl (C=O) groups is 2. The molecule has 0 bridgehead atoms. The standard InChI is InChI=1S/C19H27NO4S/c1-5-23-17(21)12-14-6-8-15(9-7-14)25-16-10-11-20(13-16)18(22)24-19(2,3)4/h6-9,16H,5,10-13H2,1-4H3/t16-/m0/s1. The Hall–Kier alpha value is -1.69. The number of amides is 1. The van der Waals surface area contributed by atoms with Crippen molar-refractivity contribution in [1.82, 2.24) is 4.90 Å². The number of hydrogen-bond acceptors (Lipinski definition) is 5. The van der Waals surface area contributed by atoms with Crippen molar-refractivity contribution in [3.8, 4) is 0 Å². The monoisotopic (exact) mass is 365 g/mol. The number of nitrogens with zero attached hydrogens (tertiary/aromatic N) is 1. The minimum atomic E-state index is -0.461. The van der Waals surface area contributed by atoms with Crippen molar-refractivity contribution in [2.45, 2.75) is 56.3 Å². The quantitative estimate of drug-likeness (QED) is 0.741. The number of benzene rings is 1. The van der Waals surface area contributed by atoms with E-state index in [0.29, 0.717) is 24.8 Å². The third-order valence-corrected chi connectivity index (χ3v) is 4.94. The lowest BCUT2D eigenvalue weighted by atomic mass is 10.1. The van der Waals surface area contributed by atoms with Crippen molar-refractivity contribution in [1.29, 1.82) is 0 Å². The molecule has 1 fully saturated rings. The van der Waals surface area contributed by atoms with Crippen molar-refractivity contribution in [3.63, 3.8) is 0 Å². The highest BCUT2D eigenvalue weighted by molar-refractivity contribution is 8.00. The Bertz CT molecular complexity index is 594. The first-order chi connectivity index (χ1) is 11.8. The van der Waals surface area contributed by atoms with Gasteiger partial charge in [0.2, 0.25) is 0 Å². The van der Waals surface area contributed by atoms with E-state index in [2.05, 4.69) is 0 Å². The fourth-order valence-corrected chi connectivity index (χ4v) is 3.73. The van der Waals surface area contributed by atoms with E-state index in [4.69, 9.17) is 9.47 Å². The van der Waals surface area contributed by atoms with E-state index < -0.39 is 5.60 Å². The van der Waals surface area contributed by atoms with Crippen LogP contribution in [0.2, 0.25) is 0 Å². The van der Waals surface area contributed by atoms with Crippen LogP contribution >= 0.6 is 11.8 Å². The summed E-state index contributed by atoms with van der Waals surface area (Å²) in [6.45, 7) is 9.28. The Balaban J connectivity index is 1.83. The van der Waals surface area contributed by atoms with Gasteiger partial charge in [0.25, 0.3) is 0 Å². The first-order valence-corrected chi connectivity index (χ1v) is 9.54. The number of carbonyl (C=O) groups excluding carboxylic acids is 2. The van der Waals surface area contributed by atoms with E-state index in [1.165, 1.54) is 0 Å². The summed E-state index contributed by atoms with van der Waals surface area (Å²) in [6.07, 6.45) is 1.02. The van der Waals surface area contributed by atoms with Crippen LogP contribution in [0.1, 0.15) is 39.7 Å². The van der Waals surface area contributed by atoms with Gasteiger partial charge in [-0.1, -0.05) is 12.1 Å². The second kappa shape index (κ2) is 8.61. The zero-order valence-electron chi connectivity index (χ0n) is 15.4. The van der Waals surface area contributed by atoms with Gasteiger partial charge in [0, 0.05) is 23.2 Å². The topological polar surface area (TPSA) is 55.8 Å². The number of ether oxygens (including phenoxy) is 2. The number of thioether (sulfide) groups is 1. The molecule has 1 amide bonds. The second-order valence-electron chi connectivity index (χ2n) is 7.08. The van der Waals surface area contributed by atoms with Gasteiger partial charge in [-0.2, -0.15) is 0 Å². The lowest BCUT2D eigenvalue weighted by molar-refractivity contribution is -0.142. The van der Waals surface area contributed by atoms with E-state index >= 15 is 0 Å². The molecule has 1 aromatic carbocycles. The molecule has 138 valence electrons. The Labute approximate surface area is 154 Å². The molecule has 1 saturated heterocycles. The summed E-state index contributed by atoms with van der Waals surface area (Å²) in [7, 11) is 0. The molecule has 25 heavy (non-hydrogen) atoms. The van der Waals surface area contributed by atoms with Gasteiger partial charge in [-0.25, -0.2) is 4.79 Å². The summed E-state index contributed by atoms with van der Waals surface area (Å²) in [6, 6.07) is 7.96. The fourth-order valence-electron chi connectivity index (χ4n) is 2.57. The van der Waals surface area contributed by atoms with Crippen molar-refractivity contribution in [3.05, 3.63) is 29.8 Å².